The lowest BCUT2D eigenvalue weighted by Gasteiger charge is -2.20. The minimum absolute atomic E-state index is 0.325. The van der Waals surface area contributed by atoms with E-state index < -0.39 is 0 Å². The number of rotatable bonds is 7. The molecule has 5 heteroatoms. The second kappa shape index (κ2) is 7.06. The van der Waals surface area contributed by atoms with Gasteiger partial charge in [-0.05, 0) is 5.92 Å². The molecule has 0 aliphatic carbocycles. The summed E-state index contributed by atoms with van der Waals surface area (Å²) in [5.41, 5.74) is 0. The van der Waals surface area contributed by atoms with Gasteiger partial charge in [-0.3, -0.25) is 0 Å². The highest BCUT2D eigenvalue weighted by Gasteiger charge is 2.15. The molecule has 1 aromatic rings. The number of methoxy groups -OCH3 is 1. The summed E-state index contributed by atoms with van der Waals surface area (Å²) in [6, 6.07) is 1.71. The van der Waals surface area contributed by atoms with E-state index in [-0.39, 0.29) is 6.10 Å². The molecule has 0 bridgehead atoms. The first-order valence-electron chi connectivity index (χ1n) is 5.99. The number of aliphatic hydroxyl groups excluding tert-OH is 1. The second-order valence-electron chi connectivity index (χ2n) is 3.97. The van der Waals surface area contributed by atoms with E-state index in [4.69, 9.17) is 4.74 Å². The number of nitrogens with zero attached hydrogens (tertiary/aromatic N) is 2. The Balaban J connectivity index is 2.49. The summed E-state index contributed by atoms with van der Waals surface area (Å²) in [5.74, 6) is 1.51. The number of aromatic nitrogens is 2. The maximum Gasteiger partial charge on any atom is 0.218 e. The summed E-state index contributed by atoms with van der Waals surface area (Å²) in [6.45, 7) is 4.67. The van der Waals surface area contributed by atoms with Gasteiger partial charge >= 0.3 is 0 Å². The SMILES string of the molecule is CCC(CC)C(O)CNc1cc(OC)ncn1. The zero-order valence-corrected chi connectivity index (χ0v) is 10.7. The monoisotopic (exact) mass is 239 g/mol. The van der Waals surface area contributed by atoms with Crippen LogP contribution in [0.3, 0.4) is 0 Å². The van der Waals surface area contributed by atoms with Crippen LogP contribution in [0.15, 0.2) is 12.4 Å². The van der Waals surface area contributed by atoms with E-state index in [2.05, 4.69) is 29.1 Å². The number of anilines is 1. The lowest BCUT2D eigenvalue weighted by molar-refractivity contribution is 0.114. The molecule has 0 aromatic carbocycles. The molecule has 0 aliphatic rings. The zero-order chi connectivity index (χ0) is 12.7. The van der Waals surface area contributed by atoms with Gasteiger partial charge in [0.05, 0.1) is 13.2 Å². The highest BCUT2D eigenvalue weighted by Crippen LogP contribution is 2.15. The molecule has 0 radical (unpaired) electrons. The van der Waals surface area contributed by atoms with Crippen LogP contribution in [-0.2, 0) is 0 Å². The molecule has 0 spiro atoms. The standard InChI is InChI=1S/C12H21N3O2/c1-4-9(5-2)10(16)7-13-11-6-12(17-3)15-8-14-11/h6,8-10,16H,4-5,7H2,1-3H3,(H,13,14,15). The van der Waals surface area contributed by atoms with Crippen molar-refractivity contribution in [3.05, 3.63) is 12.4 Å². The third-order valence-corrected chi connectivity index (χ3v) is 2.94. The molecule has 2 N–H and O–H groups in total. The average Bonchev–Trinajstić information content (AvgIpc) is 2.38. The molecule has 5 nitrogen and oxygen atoms in total. The molecule has 1 rings (SSSR count). The smallest absolute Gasteiger partial charge is 0.218 e. The molecule has 0 saturated carbocycles. The van der Waals surface area contributed by atoms with Crippen molar-refractivity contribution in [1.82, 2.24) is 9.97 Å². The van der Waals surface area contributed by atoms with Gasteiger partial charge in [-0.25, -0.2) is 9.97 Å². The van der Waals surface area contributed by atoms with E-state index in [0.717, 1.165) is 12.8 Å². The van der Waals surface area contributed by atoms with E-state index in [9.17, 15) is 5.11 Å². The van der Waals surface area contributed by atoms with Crippen LogP contribution in [0.25, 0.3) is 0 Å². The first kappa shape index (κ1) is 13.7. The molecule has 1 heterocycles. The van der Waals surface area contributed by atoms with E-state index in [1.165, 1.54) is 6.33 Å². The first-order chi connectivity index (χ1) is 8.21. The minimum Gasteiger partial charge on any atom is -0.481 e. The number of hydrogen-bond acceptors (Lipinski definition) is 5. The predicted octanol–water partition coefficient (Wildman–Crippen LogP) is 1.69. The summed E-state index contributed by atoms with van der Waals surface area (Å²) < 4.78 is 5.00. The fourth-order valence-corrected chi connectivity index (χ4v) is 1.76. The first-order valence-corrected chi connectivity index (χ1v) is 5.99. The normalized spacial score (nSPS) is 12.5. The third kappa shape index (κ3) is 4.19. The Kier molecular flexibility index (Phi) is 5.69. The maximum atomic E-state index is 9.96. The lowest BCUT2D eigenvalue weighted by Crippen LogP contribution is -2.27. The molecule has 1 aromatic heterocycles. The quantitative estimate of drug-likeness (QED) is 0.758. The molecular weight excluding hydrogens is 218 g/mol. The molecular formula is C12H21N3O2. The van der Waals surface area contributed by atoms with Gasteiger partial charge in [-0.1, -0.05) is 26.7 Å². The van der Waals surface area contributed by atoms with Crippen molar-refractivity contribution >= 4 is 5.82 Å². The van der Waals surface area contributed by atoms with Crippen LogP contribution in [-0.4, -0.2) is 34.8 Å². The van der Waals surface area contributed by atoms with E-state index in [1.54, 1.807) is 13.2 Å². The largest absolute Gasteiger partial charge is 0.481 e. The molecule has 0 fully saturated rings. The molecule has 0 aliphatic heterocycles. The molecule has 17 heavy (non-hydrogen) atoms. The highest BCUT2D eigenvalue weighted by molar-refractivity contribution is 5.37. The summed E-state index contributed by atoms with van der Waals surface area (Å²) in [6.07, 6.45) is 3.04. The summed E-state index contributed by atoms with van der Waals surface area (Å²) >= 11 is 0. The van der Waals surface area contributed by atoms with Crippen molar-refractivity contribution in [2.75, 3.05) is 19.0 Å². The zero-order valence-electron chi connectivity index (χ0n) is 10.7. The van der Waals surface area contributed by atoms with Crippen LogP contribution in [0.5, 0.6) is 5.88 Å². The highest BCUT2D eigenvalue weighted by atomic mass is 16.5. The van der Waals surface area contributed by atoms with Crippen LogP contribution >= 0.6 is 0 Å². The molecule has 1 atom stereocenters. The van der Waals surface area contributed by atoms with E-state index in [1.807, 2.05) is 0 Å². The molecule has 0 saturated heterocycles. The Morgan fingerprint density at radius 2 is 2.06 bits per heavy atom. The molecule has 0 amide bonds. The predicted molar refractivity (Wildman–Crippen MR) is 67.2 cm³/mol. The Labute approximate surface area is 102 Å². The van der Waals surface area contributed by atoms with E-state index in [0.29, 0.717) is 24.2 Å². The van der Waals surface area contributed by atoms with Gasteiger partial charge < -0.3 is 15.2 Å². The van der Waals surface area contributed by atoms with Crippen LogP contribution in [0.2, 0.25) is 0 Å². The van der Waals surface area contributed by atoms with Crippen molar-refractivity contribution in [1.29, 1.82) is 0 Å². The second-order valence-corrected chi connectivity index (χ2v) is 3.97. The van der Waals surface area contributed by atoms with Gasteiger partial charge in [-0.2, -0.15) is 0 Å². The summed E-state index contributed by atoms with van der Waals surface area (Å²) in [7, 11) is 1.56. The van der Waals surface area contributed by atoms with Crippen molar-refractivity contribution in [2.24, 2.45) is 5.92 Å². The topological polar surface area (TPSA) is 67.3 Å². The minimum atomic E-state index is -0.356. The number of aliphatic hydroxyl groups is 1. The van der Waals surface area contributed by atoms with Crippen molar-refractivity contribution in [3.8, 4) is 5.88 Å². The van der Waals surface area contributed by atoms with Crippen LogP contribution in [0.1, 0.15) is 26.7 Å². The number of nitrogens with one attached hydrogen (secondary N) is 1. The fourth-order valence-electron chi connectivity index (χ4n) is 1.76. The van der Waals surface area contributed by atoms with E-state index >= 15 is 0 Å². The summed E-state index contributed by atoms with van der Waals surface area (Å²) in [5, 5.41) is 13.0. The van der Waals surface area contributed by atoms with Crippen LogP contribution in [0, 0.1) is 5.92 Å². The lowest BCUT2D eigenvalue weighted by atomic mass is 9.97. The Bertz CT molecular complexity index is 329. The van der Waals surface area contributed by atoms with Crippen molar-refractivity contribution < 1.29 is 9.84 Å². The van der Waals surface area contributed by atoms with Gasteiger partial charge in [0.25, 0.3) is 0 Å². The average molecular weight is 239 g/mol. The van der Waals surface area contributed by atoms with Gasteiger partial charge in [-0.15, -0.1) is 0 Å². The van der Waals surface area contributed by atoms with Gasteiger partial charge in [0.15, 0.2) is 0 Å². The third-order valence-electron chi connectivity index (χ3n) is 2.94. The maximum absolute atomic E-state index is 9.96. The van der Waals surface area contributed by atoms with Crippen molar-refractivity contribution in [2.45, 2.75) is 32.8 Å². The van der Waals surface area contributed by atoms with Gasteiger partial charge in [0.2, 0.25) is 5.88 Å². The molecule has 1 unspecified atom stereocenters. The number of hydrogen-bond donors (Lipinski definition) is 2. The Morgan fingerprint density at radius 3 is 2.65 bits per heavy atom. The van der Waals surface area contributed by atoms with Gasteiger partial charge in [0, 0.05) is 12.6 Å². The fraction of sp³-hybridized carbons (Fsp3) is 0.667. The summed E-state index contributed by atoms with van der Waals surface area (Å²) in [4.78, 5) is 7.97. The van der Waals surface area contributed by atoms with Crippen LogP contribution in [0.4, 0.5) is 5.82 Å². The van der Waals surface area contributed by atoms with Gasteiger partial charge in [0.1, 0.15) is 12.1 Å². The Morgan fingerprint density at radius 1 is 1.35 bits per heavy atom. The van der Waals surface area contributed by atoms with Crippen LogP contribution < -0.4 is 10.1 Å². The number of ether oxygens (including phenoxy) is 1. The molecule has 96 valence electrons. The Hall–Kier alpha value is -1.36. The van der Waals surface area contributed by atoms with Crippen molar-refractivity contribution in [3.63, 3.8) is 0 Å².